The lowest BCUT2D eigenvalue weighted by atomic mass is 10.0. The Morgan fingerprint density at radius 2 is 0.863 bits per heavy atom. The van der Waals surface area contributed by atoms with Crippen LogP contribution in [-0.4, -0.2) is 4.57 Å². The summed E-state index contributed by atoms with van der Waals surface area (Å²) in [5, 5.41) is 4.72. The summed E-state index contributed by atoms with van der Waals surface area (Å²) in [6.07, 6.45) is 0. The average Bonchev–Trinajstić information content (AvgIpc) is 3.74. The van der Waals surface area contributed by atoms with E-state index in [1.807, 2.05) is 12.1 Å². The molecule has 0 amide bonds. The van der Waals surface area contributed by atoms with Crippen molar-refractivity contribution in [1.29, 1.82) is 0 Å². The molecule has 10 rings (SSSR count). The third-order valence-electron chi connectivity index (χ3n) is 10.00. The van der Waals surface area contributed by atoms with Crippen molar-refractivity contribution in [3.05, 3.63) is 194 Å². The van der Waals surface area contributed by atoms with Crippen LogP contribution in [0.3, 0.4) is 0 Å². The fourth-order valence-corrected chi connectivity index (χ4v) is 7.54. The zero-order chi connectivity index (χ0) is 33.7. The molecule has 51 heavy (non-hydrogen) atoms. The van der Waals surface area contributed by atoms with Crippen LogP contribution in [0.25, 0.3) is 71.7 Å². The minimum absolute atomic E-state index is 0.908. The molecule has 0 bridgehead atoms. The van der Waals surface area contributed by atoms with E-state index in [1.54, 1.807) is 0 Å². The predicted molar refractivity (Wildman–Crippen MR) is 214 cm³/mol. The van der Waals surface area contributed by atoms with Gasteiger partial charge in [-0.1, -0.05) is 115 Å². The second kappa shape index (κ2) is 11.9. The van der Waals surface area contributed by atoms with Gasteiger partial charge in [-0.3, -0.25) is 0 Å². The van der Waals surface area contributed by atoms with E-state index in [0.29, 0.717) is 0 Å². The van der Waals surface area contributed by atoms with Gasteiger partial charge in [0.05, 0.1) is 11.0 Å². The smallest absolute Gasteiger partial charge is 0.135 e. The Balaban J connectivity index is 1.11. The average molecular weight is 653 g/mol. The number of fused-ring (bicyclic) bond motifs is 6. The predicted octanol–water partition coefficient (Wildman–Crippen LogP) is 13.5. The van der Waals surface area contributed by atoms with E-state index in [4.69, 9.17) is 4.42 Å². The van der Waals surface area contributed by atoms with Crippen molar-refractivity contribution in [3.63, 3.8) is 0 Å². The van der Waals surface area contributed by atoms with Crippen molar-refractivity contribution >= 4 is 60.8 Å². The van der Waals surface area contributed by atoms with E-state index in [2.05, 4.69) is 191 Å². The van der Waals surface area contributed by atoms with E-state index in [9.17, 15) is 0 Å². The Hall–Kier alpha value is -6.84. The first-order valence-corrected chi connectivity index (χ1v) is 17.3. The molecule has 2 aromatic heterocycles. The summed E-state index contributed by atoms with van der Waals surface area (Å²) >= 11 is 0. The molecule has 8 aromatic carbocycles. The quantitative estimate of drug-likeness (QED) is 0.178. The van der Waals surface area contributed by atoms with E-state index in [-0.39, 0.29) is 0 Å². The highest BCUT2D eigenvalue weighted by atomic mass is 16.3. The Kier molecular flexibility index (Phi) is 6.81. The van der Waals surface area contributed by atoms with Crippen LogP contribution in [0.1, 0.15) is 0 Å². The summed E-state index contributed by atoms with van der Waals surface area (Å²) in [7, 11) is 0. The van der Waals surface area contributed by atoms with Gasteiger partial charge in [0, 0.05) is 44.3 Å². The number of para-hydroxylation sites is 3. The number of furan rings is 1. The van der Waals surface area contributed by atoms with Gasteiger partial charge in [-0.2, -0.15) is 0 Å². The molecule has 0 saturated carbocycles. The fraction of sp³-hybridized carbons (Fsp3) is 0. The standard InChI is InChI=1S/C48H32N2O/c1-3-11-33(12-4-1)34-19-24-38(25-20-34)49(39-26-21-35(22-27-39)36-23-30-48-44(31-36)42-16-8-10-18-47(42)51-48)40-28-29-46-43(32-40)41-15-7-9-17-45(41)50(46)37-13-5-2-6-14-37/h1-32H. The monoisotopic (exact) mass is 652 g/mol. The molecule has 0 aliphatic carbocycles. The minimum Gasteiger partial charge on any atom is -0.456 e. The topological polar surface area (TPSA) is 21.3 Å². The van der Waals surface area contributed by atoms with Gasteiger partial charge in [-0.05, 0) is 101 Å². The molecule has 10 aromatic rings. The van der Waals surface area contributed by atoms with Crippen molar-refractivity contribution in [2.24, 2.45) is 0 Å². The van der Waals surface area contributed by atoms with E-state index < -0.39 is 0 Å². The second-order valence-electron chi connectivity index (χ2n) is 13.0. The van der Waals surface area contributed by atoms with Crippen molar-refractivity contribution < 1.29 is 4.42 Å². The van der Waals surface area contributed by atoms with E-state index in [1.165, 1.54) is 32.9 Å². The lowest BCUT2D eigenvalue weighted by Crippen LogP contribution is -2.10. The fourth-order valence-electron chi connectivity index (χ4n) is 7.54. The van der Waals surface area contributed by atoms with Crippen molar-refractivity contribution in [2.45, 2.75) is 0 Å². The Labute approximate surface area is 295 Å². The second-order valence-corrected chi connectivity index (χ2v) is 13.0. The maximum absolute atomic E-state index is 6.10. The largest absolute Gasteiger partial charge is 0.456 e. The molecular formula is C48H32N2O. The zero-order valence-electron chi connectivity index (χ0n) is 27.8. The summed E-state index contributed by atoms with van der Waals surface area (Å²) in [5.74, 6) is 0. The van der Waals surface area contributed by atoms with Gasteiger partial charge in [0.25, 0.3) is 0 Å². The summed E-state index contributed by atoms with van der Waals surface area (Å²) in [6.45, 7) is 0. The maximum Gasteiger partial charge on any atom is 0.135 e. The molecule has 240 valence electrons. The highest BCUT2D eigenvalue weighted by Gasteiger charge is 2.18. The first-order chi connectivity index (χ1) is 25.3. The normalized spacial score (nSPS) is 11.5. The van der Waals surface area contributed by atoms with Crippen LogP contribution >= 0.6 is 0 Å². The van der Waals surface area contributed by atoms with Crippen LogP contribution in [-0.2, 0) is 0 Å². The molecule has 0 fully saturated rings. The highest BCUT2D eigenvalue weighted by molar-refractivity contribution is 6.11. The summed E-state index contributed by atoms with van der Waals surface area (Å²) < 4.78 is 8.47. The van der Waals surface area contributed by atoms with Crippen molar-refractivity contribution in [1.82, 2.24) is 4.57 Å². The van der Waals surface area contributed by atoms with Gasteiger partial charge in [0.1, 0.15) is 11.2 Å². The number of anilines is 3. The Morgan fingerprint density at radius 1 is 0.333 bits per heavy atom. The number of benzene rings is 8. The Morgan fingerprint density at radius 3 is 1.61 bits per heavy atom. The molecule has 0 atom stereocenters. The number of rotatable bonds is 6. The minimum atomic E-state index is 0.908. The van der Waals surface area contributed by atoms with Crippen LogP contribution in [0, 0.1) is 0 Å². The first kappa shape index (κ1) is 29.1. The molecule has 0 N–H and O–H groups in total. The molecule has 2 heterocycles. The molecule has 3 heteroatoms. The summed E-state index contributed by atoms with van der Waals surface area (Å²) in [4.78, 5) is 2.36. The van der Waals surface area contributed by atoms with Gasteiger partial charge in [0.15, 0.2) is 0 Å². The molecular weight excluding hydrogens is 621 g/mol. The molecule has 0 aliphatic rings. The third kappa shape index (κ3) is 4.98. The van der Waals surface area contributed by atoms with Crippen molar-refractivity contribution in [3.8, 4) is 27.9 Å². The molecule has 0 aliphatic heterocycles. The lowest BCUT2D eigenvalue weighted by Gasteiger charge is -2.26. The van der Waals surface area contributed by atoms with Gasteiger partial charge in [-0.25, -0.2) is 0 Å². The molecule has 0 unspecified atom stereocenters. The number of nitrogens with zero attached hydrogens (tertiary/aromatic N) is 2. The summed E-state index contributed by atoms with van der Waals surface area (Å²) in [6, 6.07) is 69.3. The van der Waals surface area contributed by atoms with Crippen LogP contribution in [0.15, 0.2) is 199 Å². The third-order valence-corrected chi connectivity index (χ3v) is 10.00. The van der Waals surface area contributed by atoms with Crippen LogP contribution in [0.5, 0.6) is 0 Å². The van der Waals surface area contributed by atoms with Gasteiger partial charge < -0.3 is 13.9 Å². The van der Waals surface area contributed by atoms with Gasteiger partial charge in [0.2, 0.25) is 0 Å². The Bertz CT molecular complexity index is 2830. The SMILES string of the molecule is c1ccc(-c2ccc(N(c3ccc(-c4ccc5oc6ccccc6c5c4)cc3)c3ccc4c(c3)c3ccccc3n4-c3ccccc3)cc2)cc1. The van der Waals surface area contributed by atoms with Gasteiger partial charge >= 0.3 is 0 Å². The molecule has 0 saturated heterocycles. The summed E-state index contributed by atoms with van der Waals surface area (Å²) in [5.41, 5.74) is 13.4. The van der Waals surface area contributed by atoms with Crippen LogP contribution in [0.2, 0.25) is 0 Å². The van der Waals surface area contributed by atoms with E-state index >= 15 is 0 Å². The maximum atomic E-state index is 6.10. The zero-order valence-corrected chi connectivity index (χ0v) is 27.8. The number of hydrogen-bond donors (Lipinski definition) is 0. The lowest BCUT2D eigenvalue weighted by molar-refractivity contribution is 0.669. The molecule has 0 radical (unpaired) electrons. The highest BCUT2D eigenvalue weighted by Crippen LogP contribution is 2.41. The van der Waals surface area contributed by atoms with Gasteiger partial charge in [-0.15, -0.1) is 0 Å². The number of aromatic nitrogens is 1. The van der Waals surface area contributed by atoms with Crippen LogP contribution in [0.4, 0.5) is 17.1 Å². The first-order valence-electron chi connectivity index (χ1n) is 17.3. The number of hydrogen-bond acceptors (Lipinski definition) is 2. The molecule has 0 spiro atoms. The van der Waals surface area contributed by atoms with E-state index in [0.717, 1.165) is 55.8 Å². The molecule has 3 nitrogen and oxygen atoms in total. The van der Waals surface area contributed by atoms with Crippen LogP contribution < -0.4 is 4.90 Å². The van der Waals surface area contributed by atoms with Crippen molar-refractivity contribution in [2.75, 3.05) is 4.90 Å².